The van der Waals surface area contributed by atoms with Crippen molar-refractivity contribution in [1.82, 2.24) is 19.6 Å². The molecule has 0 aliphatic rings. The number of hydrogen-bond acceptors (Lipinski definition) is 6. The summed E-state index contributed by atoms with van der Waals surface area (Å²) in [4.78, 5) is 20.5. The fraction of sp³-hybridized carbons (Fsp3) is 0.111. The van der Waals surface area contributed by atoms with E-state index in [-0.39, 0.29) is 5.97 Å². The Hall–Kier alpha value is -2.93. The number of thioether (sulfide) groups is 1. The van der Waals surface area contributed by atoms with Crippen LogP contribution in [0.5, 0.6) is 0 Å². The van der Waals surface area contributed by atoms with Gasteiger partial charge in [-0.25, -0.2) is 19.3 Å². The van der Waals surface area contributed by atoms with Crippen molar-refractivity contribution >= 4 is 34.3 Å². The molecule has 0 radical (unpaired) electrons. The van der Waals surface area contributed by atoms with Gasteiger partial charge in [0, 0.05) is 11.1 Å². The van der Waals surface area contributed by atoms with Crippen molar-refractivity contribution in [2.45, 2.75) is 10.9 Å². The number of nitrogens with zero attached hydrogens (tertiary/aromatic N) is 4. The molecular weight excluding hydrogens is 336 g/mol. The van der Waals surface area contributed by atoms with Crippen LogP contribution in [0.1, 0.15) is 15.9 Å². The van der Waals surface area contributed by atoms with Crippen LogP contribution in [0, 0.1) is 0 Å². The normalized spacial score (nSPS) is 11.1. The maximum absolute atomic E-state index is 11.5. The van der Waals surface area contributed by atoms with E-state index in [0.717, 1.165) is 22.1 Å². The van der Waals surface area contributed by atoms with Gasteiger partial charge in [0.2, 0.25) is 5.16 Å². The smallest absolute Gasteiger partial charge is 0.337 e. The summed E-state index contributed by atoms with van der Waals surface area (Å²) < 4.78 is 6.40. The third kappa shape index (κ3) is 3.06. The Kier molecular flexibility index (Phi) is 4.07. The number of para-hydroxylation sites is 1. The third-order valence-corrected chi connectivity index (χ3v) is 4.71. The molecule has 4 rings (SSSR count). The first-order valence-electron chi connectivity index (χ1n) is 7.65. The Morgan fingerprint density at radius 3 is 2.76 bits per heavy atom. The van der Waals surface area contributed by atoms with Crippen LogP contribution in [0.2, 0.25) is 0 Å². The highest BCUT2D eigenvalue weighted by Gasteiger charge is 2.09. The molecule has 0 saturated heterocycles. The van der Waals surface area contributed by atoms with E-state index >= 15 is 0 Å². The van der Waals surface area contributed by atoms with Crippen LogP contribution in [-0.4, -0.2) is 32.7 Å². The molecule has 0 aliphatic heterocycles. The van der Waals surface area contributed by atoms with Crippen LogP contribution >= 0.6 is 11.8 Å². The first kappa shape index (κ1) is 15.6. The molecule has 0 saturated carbocycles. The van der Waals surface area contributed by atoms with E-state index < -0.39 is 0 Å². The summed E-state index contributed by atoms with van der Waals surface area (Å²) in [7, 11) is 1.37. The molecule has 2 heterocycles. The average molecular weight is 350 g/mol. The summed E-state index contributed by atoms with van der Waals surface area (Å²) >= 11 is 1.54. The number of hydrogen-bond donors (Lipinski definition) is 0. The van der Waals surface area contributed by atoms with Gasteiger partial charge in [-0.2, -0.15) is 0 Å². The largest absolute Gasteiger partial charge is 0.465 e. The number of esters is 1. The molecule has 0 bridgehead atoms. The van der Waals surface area contributed by atoms with Gasteiger partial charge in [0.25, 0.3) is 0 Å². The SMILES string of the molecule is COC(=O)c1ccc(CSc2nc3c4ccccc4ncn3n2)cc1. The van der Waals surface area contributed by atoms with Gasteiger partial charge in [-0.15, -0.1) is 5.10 Å². The van der Waals surface area contributed by atoms with Gasteiger partial charge in [-0.1, -0.05) is 36.0 Å². The molecule has 0 spiro atoms. The molecule has 6 nitrogen and oxygen atoms in total. The lowest BCUT2D eigenvalue weighted by Crippen LogP contribution is -2.00. The Morgan fingerprint density at radius 1 is 1.16 bits per heavy atom. The maximum atomic E-state index is 11.5. The van der Waals surface area contributed by atoms with Gasteiger partial charge < -0.3 is 4.74 Å². The summed E-state index contributed by atoms with van der Waals surface area (Å²) in [6.45, 7) is 0. The first-order valence-corrected chi connectivity index (χ1v) is 8.63. The number of ether oxygens (including phenoxy) is 1. The summed E-state index contributed by atoms with van der Waals surface area (Å²) in [5.41, 5.74) is 3.32. The molecule has 0 aliphatic carbocycles. The van der Waals surface area contributed by atoms with Crippen LogP contribution in [0.15, 0.2) is 60.0 Å². The number of fused-ring (bicyclic) bond motifs is 3. The molecule has 7 heteroatoms. The number of carbonyl (C=O) groups is 1. The second-order valence-corrected chi connectivity index (χ2v) is 6.34. The predicted molar refractivity (Wildman–Crippen MR) is 95.6 cm³/mol. The Morgan fingerprint density at radius 2 is 1.96 bits per heavy atom. The van der Waals surface area contributed by atoms with Gasteiger partial charge in [-0.3, -0.25) is 0 Å². The Bertz CT molecular complexity index is 1060. The zero-order valence-electron chi connectivity index (χ0n) is 13.4. The van der Waals surface area contributed by atoms with E-state index in [1.807, 2.05) is 36.4 Å². The van der Waals surface area contributed by atoms with Crippen molar-refractivity contribution in [3.63, 3.8) is 0 Å². The molecule has 2 aromatic heterocycles. The molecule has 0 N–H and O–H groups in total. The van der Waals surface area contributed by atoms with Crippen molar-refractivity contribution < 1.29 is 9.53 Å². The molecule has 0 amide bonds. The van der Waals surface area contributed by atoms with Crippen molar-refractivity contribution in [2.24, 2.45) is 0 Å². The number of carbonyl (C=O) groups excluding carboxylic acids is 1. The van der Waals surface area contributed by atoms with E-state index in [4.69, 9.17) is 4.74 Å². The van der Waals surface area contributed by atoms with Crippen molar-refractivity contribution in [1.29, 1.82) is 0 Å². The molecule has 0 unspecified atom stereocenters. The van der Waals surface area contributed by atoms with Crippen LogP contribution in [-0.2, 0) is 10.5 Å². The number of aromatic nitrogens is 4. The quantitative estimate of drug-likeness (QED) is 0.415. The van der Waals surface area contributed by atoms with E-state index in [9.17, 15) is 4.79 Å². The highest BCUT2D eigenvalue weighted by atomic mass is 32.2. The topological polar surface area (TPSA) is 69.4 Å². The lowest BCUT2D eigenvalue weighted by atomic mass is 10.1. The minimum Gasteiger partial charge on any atom is -0.465 e. The molecule has 2 aromatic carbocycles. The van der Waals surface area contributed by atoms with Crippen LogP contribution < -0.4 is 0 Å². The van der Waals surface area contributed by atoms with Gasteiger partial charge in [0.1, 0.15) is 6.33 Å². The minimum absolute atomic E-state index is 0.333. The number of methoxy groups -OCH3 is 1. The van der Waals surface area contributed by atoms with Gasteiger partial charge in [-0.05, 0) is 29.8 Å². The molecule has 0 fully saturated rings. The highest BCUT2D eigenvalue weighted by molar-refractivity contribution is 7.98. The van der Waals surface area contributed by atoms with Crippen molar-refractivity contribution in [3.8, 4) is 0 Å². The van der Waals surface area contributed by atoms with E-state index in [1.54, 1.807) is 34.7 Å². The van der Waals surface area contributed by atoms with Gasteiger partial charge >= 0.3 is 5.97 Å². The zero-order valence-corrected chi connectivity index (χ0v) is 14.2. The Labute approximate surface area is 147 Å². The van der Waals surface area contributed by atoms with E-state index in [2.05, 4.69) is 15.1 Å². The predicted octanol–water partition coefficient (Wildman–Crippen LogP) is 3.36. The van der Waals surface area contributed by atoms with Crippen molar-refractivity contribution in [3.05, 3.63) is 66.0 Å². The molecule has 4 aromatic rings. The summed E-state index contributed by atoms with van der Waals surface area (Å²) in [5.74, 6) is 0.379. The molecule has 25 heavy (non-hydrogen) atoms. The van der Waals surface area contributed by atoms with Crippen molar-refractivity contribution in [2.75, 3.05) is 7.11 Å². The van der Waals surface area contributed by atoms with Crippen LogP contribution in [0.25, 0.3) is 16.6 Å². The maximum Gasteiger partial charge on any atom is 0.337 e. The van der Waals surface area contributed by atoms with Crippen LogP contribution in [0.4, 0.5) is 0 Å². The second-order valence-electron chi connectivity index (χ2n) is 5.40. The lowest BCUT2D eigenvalue weighted by molar-refractivity contribution is 0.0600. The molecule has 124 valence electrons. The van der Waals surface area contributed by atoms with Gasteiger partial charge in [0.15, 0.2) is 5.65 Å². The molecule has 0 atom stereocenters. The Balaban J connectivity index is 1.55. The minimum atomic E-state index is -0.333. The van der Waals surface area contributed by atoms with Gasteiger partial charge in [0.05, 0.1) is 18.2 Å². The standard InChI is InChI=1S/C18H14N4O2S/c1-24-17(23)13-8-6-12(7-9-13)10-25-18-20-16-14-4-2-3-5-15(14)19-11-22(16)21-18/h2-9,11H,10H2,1H3. The number of rotatable bonds is 4. The second kappa shape index (κ2) is 6.52. The monoisotopic (exact) mass is 350 g/mol. The summed E-state index contributed by atoms with van der Waals surface area (Å²) in [6.07, 6.45) is 1.68. The third-order valence-electron chi connectivity index (χ3n) is 3.81. The lowest BCUT2D eigenvalue weighted by Gasteiger charge is -2.01. The first-order chi connectivity index (χ1) is 12.2. The highest BCUT2D eigenvalue weighted by Crippen LogP contribution is 2.23. The number of benzene rings is 2. The average Bonchev–Trinajstić information content (AvgIpc) is 3.10. The fourth-order valence-electron chi connectivity index (χ4n) is 2.52. The van der Waals surface area contributed by atoms with E-state index in [0.29, 0.717) is 16.5 Å². The van der Waals surface area contributed by atoms with Crippen LogP contribution in [0.3, 0.4) is 0 Å². The van der Waals surface area contributed by atoms with E-state index in [1.165, 1.54) is 7.11 Å². The summed E-state index contributed by atoms with van der Waals surface area (Å²) in [6, 6.07) is 15.2. The molecular formula is C18H14N4O2S. The zero-order chi connectivity index (χ0) is 17.2. The fourth-order valence-corrected chi connectivity index (χ4v) is 3.31. The summed E-state index contributed by atoms with van der Waals surface area (Å²) in [5, 5.41) is 6.14.